The van der Waals surface area contributed by atoms with Crippen molar-refractivity contribution in [2.75, 3.05) is 44.9 Å². The molecule has 3 rings (SSSR count). The monoisotopic (exact) mass is 355 g/mol. The van der Waals surface area contributed by atoms with Gasteiger partial charge in [0.1, 0.15) is 11.9 Å². The number of nitrogens with zero attached hydrogens (tertiary/aromatic N) is 2. The first-order valence-corrected chi connectivity index (χ1v) is 8.84. The minimum atomic E-state index is -0.138. The fourth-order valence-corrected chi connectivity index (χ4v) is 3.07. The summed E-state index contributed by atoms with van der Waals surface area (Å²) in [6.07, 6.45) is 1.65. The summed E-state index contributed by atoms with van der Waals surface area (Å²) in [5.41, 5.74) is 3.00. The Labute approximate surface area is 154 Å². The quantitative estimate of drug-likeness (QED) is 0.806. The smallest absolute Gasteiger partial charge is 0.252 e. The Kier molecular flexibility index (Phi) is 6.20. The van der Waals surface area contributed by atoms with Crippen LogP contribution in [0.15, 0.2) is 42.6 Å². The summed E-state index contributed by atoms with van der Waals surface area (Å²) >= 11 is 0. The lowest BCUT2D eigenvalue weighted by molar-refractivity contribution is 0.0391. The molecular formula is C20H25N3O3. The normalized spacial score (nSPS) is 17.2. The van der Waals surface area contributed by atoms with Gasteiger partial charge in [-0.2, -0.15) is 0 Å². The van der Waals surface area contributed by atoms with Crippen LogP contribution >= 0.6 is 0 Å². The van der Waals surface area contributed by atoms with E-state index in [9.17, 15) is 4.79 Å². The van der Waals surface area contributed by atoms with E-state index in [1.165, 1.54) is 11.1 Å². The number of hydrogen-bond donors (Lipinski definition) is 1. The fourth-order valence-electron chi connectivity index (χ4n) is 3.07. The topological polar surface area (TPSA) is 63.7 Å². The Balaban J connectivity index is 1.65. The second-order valence-corrected chi connectivity index (χ2v) is 6.32. The van der Waals surface area contributed by atoms with E-state index >= 15 is 0 Å². The molecule has 2 aromatic rings. The third kappa shape index (κ3) is 4.39. The maximum atomic E-state index is 12.0. The summed E-state index contributed by atoms with van der Waals surface area (Å²) in [5, 5.41) is 2.80. The van der Waals surface area contributed by atoms with Gasteiger partial charge in [0.05, 0.1) is 18.8 Å². The Morgan fingerprint density at radius 2 is 2.19 bits per heavy atom. The molecule has 1 aliphatic heterocycles. The molecule has 0 bridgehead atoms. The maximum Gasteiger partial charge on any atom is 0.252 e. The van der Waals surface area contributed by atoms with E-state index in [4.69, 9.17) is 9.47 Å². The number of carbonyl (C=O) groups is 1. The largest absolute Gasteiger partial charge is 0.383 e. The highest BCUT2D eigenvalue weighted by molar-refractivity contribution is 5.94. The number of anilines is 1. The van der Waals surface area contributed by atoms with Crippen molar-refractivity contribution < 1.29 is 14.3 Å². The molecule has 1 saturated heterocycles. The van der Waals surface area contributed by atoms with E-state index < -0.39 is 0 Å². The van der Waals surface area contributed by atoms with Crippen LogP contribution in [0.3, 0.4) is 0 Å². The third-order valence-electron chi connectivity index (χ3n) is 4.53. The van der Waals surface area contributed by atoms with Gasteiger partial charge in [-0.15, -0.1) is 0 Å². The number of aromatic nitrogens is 1. The molecule has 1 atom stereocenters. The number of pyridine rings is 1. The molecule has 1 unspecified atom stereocenters. The van der Waals surface area contributed by atoms with Gasteiger partial charge in [0.2, 0.25) is 0 Å². The number of amides is 1. The summed E-state index contributed by atoms with van der Waals surface area (Å²) in [7, 11) is 1.61. The third-order valence-corrected chi connectivity index (χ3v) is 4.53. The summed E-state index contributed by atoms with van der Waals surface area (Å²) < 4.78 is 10.9. The van der Waals surface area contributed by atoms with Crippen LogP contribution in [-0.2, 0) is 9.47 Å². The van der Waals surface area contributed by atoms with E-state index in [0.717, 1.165) is 18.9 Å². The number of hydrogen-bond acceptors (Lipinski definition) is 5. The lowest BCUT2D eigenvalue weighted by Crippen LogP contribution is -2.39. The minimum Gasteiger partial charge on any atom is -0.383 e. The zero-order chi connectivity index (χ0) is 18.4. The number of aryl methyl sites for hydroxylation is 1. The average molecular weight is 355 g/mol. The van der Waals surface area contributed by atoms with Crippen LogP contribution in [-0.4, -0.2) is 50.8 Å². The van der Waals surface area contributed by atoms with Gasteiger partial charge in [-0.1, -0.05) is 24.3 Å². The van der Waals surface area contributed by atoms with Gasteiger partial charge in [0.25, 0.3) is 5.91 Å². The predicted molar refractivity (Wildman–Crippen MR) is 101 cm³/mol. The Hall–Kier alpha value is -2.44. The molecule has 1 amide bonds. The first-order valence-electron chi connectivity index (χ1n) is 8.84. The van der Waals surface area contributed by atoms with Crippen LogP contribution in [0.5, 0.6) is 0 Å². The average Bonchev–Trinajstić information content (AvgIpc) is 2.69. The first-order chi connectivity index (χ1) is 12.7. The number of rotatable bonds is 6. The molecule has 1 N–H and O–H groups in total. The molecule has 6 heteroatoms. The van der Waals surface area contributed by atoms with Crippen molar-refractivity contribution in [1.82, 2.24) is 10.3 Å². The maximum absolute atomic E-state index is 12.0. The lowest BCUT2D eigenvalue weighted by Gasteiger charge is -2.34. The van der Waals surface area contributed by atoms with E-state index in [1.807, 2.05) is 24.3 Å². The second kappa shape index (κ2) is 8.78. The van der Waals surface area contributed by atoms with Crippen LogP contribution in [0, 0.1) is 6.92 Å². The molecule has 1 aliphatic rings. The van der Waals surface area contributed by atoms with Gasteiger partial charge in [0, 0.05) is 32.9 Å². The van der Waals surface area contributed by atoms with Crippen molar-refractivity contribution >= 4 is 11.7 Å². The molecule has 0 saturated carbocycles. The summed E-state index contributed by atoms with van der Waals surface area (Å²) in [5.74, 6) is 0.723. The molecule has 138 valence electrons. The predicted octanol–water partition coefficient (Wildman–Crippen LogP) is 2.34. The number of morpholine rings is 1. The van der Waals surface area contributed by atoms with Gasteiger partial charge in [-0.25, -0.2) is 4.98 Å². The SMILES string of the molecule is COCCNC(=O)c1ccc(N2CCOC(c3ccccc3C)C2)nc1. The standard InChI is InChI=1S/C20H25N3O3/c1-15-5-3-4-6-17(15)18-14-23(10-12-26-18)19-8-7-16(13-22-19)20(24)21-9-11-25-2/h3-8,13,18H,9-12,14H2,1-2H3,(H,21,24). The summed E-state index contributed by atoms with van der Waals surface area (Å²) in [6, 6.07) is 12.0. The van der Waals surface area contributed by atoms with Gasteiger partial charge in [-0.3, -0.25) is 4.79 Å². The van der Waals surface area contributed by atoms with Crippen molar-refractivity contribution in [3.63, 3.8) is 0 Å². The Morgan fingerprint density at radius 3 is 2.92 bits per heavy atom. The minimum absolute atomic E-state index is 0.0313. The van der Waals surface area contributed by atoms with Gasteiger partial charge >= 0.3 is 0 Å². The number of methoxy groups -OCH3 is 1. The highest BCUT2D eigenvalue weighted by atomic mass is 16.5. The molecule has 1 aromatic carbocycles. The molecular weight excluding hydrogens is 330 g/mol. The van der Waals surface area contributed by atoms with Gasteiger partial charge in [-0.05, 0) is 30.2 Å². The van der Waals surface area contributed by atoms with Crippen molar-refractivity contribution in [2.45, 2.75) is 13.0 Å². The van der Waals surface area contributed by atoms with Crippen LogP contribution in [0.2, 0.25) is 0 Å². The Bertz CT molecular complexity index is 733. The van der Waals surface area contributed by atoms with Gasteiger partial charge < -0.3 is 19.7 Å². The number of benzene rings is 1. The van der Waals surface area contributed by atoms with Crippen LogP contribution in [0.25, 0.3) is 0 Å². The summed E-state index contributed by atoms with van der Waals surface area (Å²) in [4.78, 5) is 18.7. The van der Waals surface area contributed by atoms with Crippen LogP contribution < -0.4 is 10.2 Å². The molecule has 0 spiro atoms. The van der Waals surface area contributed by atoms with Crippen molar-refractivity contribution in [3.8, 4) is 0 Å². The molecule has 2 heterocycles. The van der Waals surface area contributed by atoms with Gasteiger partial charge in [0.15, 0.2) is 0 Å². The van der Waals surface area contributed by atoms with Crippen molar-refractivity contribution in [2.24, 2.45) is 0 Å². The Morgan fingerprint density at radius 1 is 1.35 bits per heavy atom. The summed E-state index contributed by atoms with van der Waals surface area (Å²) in [6.45, 7) is 5.27. The second-order valence-electron chi connectivity index (χ2n) is 6.32. The zero-order valence-corrected chi connectivity index (χ0v) is 15.3. The molecule has 6 nitrogen and oxygen atoms in total. The van der Waals surface area contributed by atoms with Crippen LogP contribution in [0.1, 0.15) is 27.6 Å². The molecule has 0 radical (unpaired) electrons. The van der Waals surface area contributed by atoms with E-state index in [-0.39, 0.29) is 12.0 Å². The van der Waals surface area contributed by atoms with E-state index in [1.54, 1.807) is 13.3 Å². The van der Waals surface area contributed by atoms with E-state index in [2.05, 4.69) is 34.3 Å². The van der Waals surface area contributed by atoms with Crippen molar-refractivity contribution in [1.29, 1.82) is 0 Å². The number of carbonyl (C=O) groups excluding carboxylic acids is 1. The number of ether oxygens (including phenoxy) is 2. The lowest BCUT2D eigenvalue weighted by atomic mass is 10.0. The fraction of sp³-hybridized carbons (Fsp3) is 0.400. The van der Waals surface area contributed by atoms with Crippen molar-refractivity contribution in [3.05, 3.63) is 59.3 Å². The first kappa shape index (κ1) is 18.4. The number of nitrogens with one attached hydrogen (secondary N) is 1. The molecule has 26 heavy (non-hydrogen) atoms. The van der Waals surface area contributed by atoms with E-state index in [0.29, 0.717) is 25.3 Å². The highest BCUT2D eigenvalue weighted by Crippen LogP contribution is 2.27. The molecule has 0 aliphatic carbocycles. The van der Waals surface area contributed by atoms with Crippen LogP contribution in [0.4, 0.5) is 5.82 Å². The highest BCUT2D eigenvalue weighted by Gasteiger charge is 2.24. The molecule has 1 aromatic heterocycles. The zero-order valence-electron chi connectivity index (χ0n) is 15.3. The molecule has 1 fully saturated rings.